The lowest BCUT2D eigenvalue weighted by Crippen LogP contribution is -2.41. The monoisotopic (exact) mass is 496 g/mol. The highest BCUT2D eigenvalue weighted by Gasteiger charge is 2.30. The van der Waals surface area contributed by atoms with Crippen molar-refractivity contribution in [1.82, 2.24) is 20.1 Å². The molecule has 2 aromatic carbocycles. The van der Waals surface area contributed by atoms with Gasteiger partial charge >= 0.3 is 0 Å². The Kier molecular flexibility index (Phi) is 6.92. The molecule has 8 nitrogen and oxygen atoms in total. The first-order valence-corrected chi connectivity index (χ1v) is 12.5. The van der Waals surface area contributed by atoms with Crippen LogP contribution >= 0.6 is 0 Å². The normalized spacial score (nSPS) is 17.1. The average molecular weight is 497 g/mol. The molecule has 0 bridgehead atoms. The van der Waals surface area contributed by atoms with Gasteiger partial charge in [-0.2, -0.15) is 5.10 Å². The van der Waals surface area contributed by atoms with E-state index in [0.717, 1.165) is 58.3 Å². The fraction of sp³-hybridized carbons (Fsp3) is 0.276. The zero-order chi connectivity index (χ0) is 25.9. The maximum atomic E-state index is 13.1. The molecule has 0 aliphatic heterocycles. The first-order chi connectivity index (χ1) is 17.9. The van der Waals surface area contributed by atoms with Crippen molar-refractivity contribution in [1.29, 1.82) is 0 Å². The Hall–Kier alpha value is -4.17. The number of hydrogen-bond donors (Lipinski definition) is 3. The number of benzene rings is 2. The predicted octanol–water partition coefficient (Wildman–Crippen LogP) is 4.49. The Bertz CT molecular complexity index is 1410. The first kappa shape index (κ1) is 24.5. The van der Waals surface area contributed by atoms with Crippen LogP contribution in [0.5, 0.6) is 0 Å². The van der Waals surface area contributed by atoms with Crippen LogP contribution in [0.25, 0.3) is 22.3 Å². The molecule has 5 N–H and O–H groups in total. The fourth-order valence-electron chi connectivity index (χ4n) is 4.87. The third-order valence-electron chi connectivity index (χ3n) is 7.08. The lowest BCUT2D eigenvalue weighted by atomic mass is 9.98. The number of carbonyl (C=O) groups is 1. The van der Waals surface area contributed by atoms with E-state index in [1.807, 2.05) is 32.3 Å². The smallest absolute Gasteiger partial charge is 0.255 e. The van der Waals surface area contributed by atoms with Crippen LogP contribution in [0, 0.1) is 6.92 Å². The third kappa shape index (κ3) is 5.34. The highest BCUT2D eigenvalue weighted by Crippen LogP contribution is 2.29. The largest absolute Gasteiger partial charge is 0.398 e. The molecule has 0 radical (unpaired) electrons. The molecule has 8 heteroatoms. The predicted molar refractivity (Wildman–Crippen MR) is 146 cm³/mol. The summed E-state index contributed by atoms with van der Waals surface area (Å²) >= 11 is 0. The molecule has 4 aromatic rings. The van der Waals surface area contributed by atoms with Crippen molar-refractivity contribution in [2.75, 3.05) is 11.5 Å². The third-order valence-corrected chi connectivity index (χ3v) is 7.08. The number of nitrogen functional groups attached to an aromatic ring is 2. The highest BCUT2D eigenvalue weighted by atomic mass is 16.5. The molecule has 1 fully saturated rings. The number of hydrogen-bond acceptors (Lipinski definition) is 6. The second-order valence-electron chi connectivity index (χ2n) is 9.64. The van der Waals surface area contributed by atoms with E-state index in [1.54, 1.807) is 23.1 Å². The maximum Gasteiger partial charge on any atom is 0.255 e. The van der Waals surface area contributed by atoms with E-state index >= 15 is 0 Å². The number of carbonyl (C=O) groups excluding carboxylic acids is 1. The van der Waals surface area contributed by atoms with Gasteiger partial charge in [-0.25, -0.2) is 4.98 Å². The van der Waals surface area contributed by atoms with E-state index in [9.17, 15) is 4.79 Å². The SMILES string of the molecule is Cc1c(N)cccc1-c1ccc(CO[C@H]2CCC[C@@H]2NC(=O)c2cc(-c3cnn(C)c3)cnc2N)cc1. The lowest BCUT2D eigenvalue weighted by Gasteiger charge is -2.22. The second kappa shape index (κ2) is 10.4. The average Bonchev–Trinajstić information content (AvgIpc) is 3.53. The van der Waals surface area contributed by atoms with E-state index in [4.69, 9.17) is 16.2 Å². The second-order valence-corrected chi connectivity index (χ2v) is 9.64. The van der Waals surface area contributed by atoms with E-state index in [1.165, 1.54) is 0 Å². The zero-order valence-electron chi connectivity index (χ0n) is 21.1. The van der Waals surface area contributed by atoms with Crippen LogP contribution in [0.15, 0.2) is 67.1 Å². The molecule has 1 aliphatic carbocycles. The summed E-state index contributed by atoms with van der Waals surface area (Å²) in [7, 11) is 1.84. The van der Waals surface area contributed by atoms with Crippen LogP contribution in [-0.4, -0.2) is 32.8 Å². The number of nitrogens with one attached hydrogen (secondary N) is 1. The van der Waals surface area contributed by atoms with Gasteiger partial charge in [-0.1, -0.05) is 36.4 Å². The molecule has 0 unspecified atom stereocenters. The van der Waals surface area contributed by atoms with Gasteiger partial charge in [-0.05, 0) is 60.6 Å². The van der Waals surface area contributed by atoms with E-state index in [0.29, 0.717) is 12.2 Å². The molecule has 2 atom stereocenters. The zero-order valence-corrected chi connectivity index (χ0v) is 21.1. The minimum atomic E-state index is -0.238. The van der Waals surface area contributed by atoms with Crippen LogP contribution in [0.2, 0.25) is 0 Å². The molecule has 1 amide bonds. The van der Waals surface area contributed by atoms with Gasteiger partial charge < -0.3 is 21.5 Å². The molecule has 190 valence electrons. The summed E-state index contributed by atoms with van der Waals surface area (Å²) in [6.07, 6.45) is 7.96. The molecule has 37 heavy (non-hydrogen) atoms. The number of rotatable bonds is 7. The van der Waals surface area contributed by atoms with Crippen molar-refractivity contribution >= 4 is 17.4 Å². The summed E-state index contributed by atoms with van der Waals surface area (Å²) in [5.74, 6) is -0.0331. The van der Waals surface area contributed by atoms with E-state index < -0.39 is 0 Å². The van der Waals surface area contributed by atoms with Crippen LogP contribution in [-0.2, 0) is 18.4 Å². The Morgan fingerprint density at radius 1 is 1.08 bits per heavy atom. The fourth-order valence-corrected chi connectivity index (χ4v) is 4.87. The molecule has 1 aliphatic rings. The summed E-state index contributed by atoms with van der Waals surface area (Å²) in [5.41, 5.74) is 19.4. The Balaban J connectivity index is 1.22. The number of anilines is 2. The maximum absolute atomic E-state index is 13.1. The summed E-state index contributed by atoms with van der Waals surface area (Å²) in [6, 6.07) is 16.0. The van der Waals surface area contributed by atoms with Crippen LogP contribution in [0.3, 0.4) is 0 Å². The molecular formula is C29H32N6O2. The Labute approximate surface area is 216 Å². The molecule has 1 saturated carbocycles. The number of aromatic nitrogens is 3. The Morgan fingerprint density at radius 3 is 2.65 bits per heavy atom. The van der Waals surface area contributed by atoms with Crippen molar-refractivity contribution in [3.63, 3.8) is 0 Å². The van der Waals surface area contributed by atoms with Gasteiger partial charge in [0.05, 0.1) is 30.5 Å². The number of pyridine rings is 1. The van der Waals surface area contributed by atoms with E-state index in [2.05, 4.69) is 45.7 Å². The molecule has 2 heterocycles. The van der Waals surface area contributed by atoms with Crippen LogP contribution < -0.4 is 16.8 Å². The van der Waals surface area contributed by atoms with Gasteiger partial charge in [0.2, 0.25) is 0 Å². The molecule has 0 spiro atoms. The molecule has 5 rings (SSSR count). The number of amides is 1. The van der Waals surface area contributed by atoms with Gasteiger partial charge in [-0.15, -0.1) is 0 Å². The molecule has 2 aromatic heterocycles. The van der Waals surface area contributed by atoms with Gasteiger partial charge in [0.1, 0.15) is 5.82 Å². The molecular weight excluding hydrogens is 464 g/mol. The Morgan fingerprint density at radius 2 is 1.89 bits per heavy atom. The number of aryl methyl sites for hydroxylation is 1. The summed E-state index contributed by atoms with van der Waals surface area (Å²) < 4.78 is 7.97. The van der Waals surface area contributed by atoms with Gasteiger partial charge in [0.15, 0.2) is 0 Å². The van der Waals surface area contributed by atoms with Crippen molar-refractivity contribution in [2.24, 2.45) is 7.05 Å². The quantitative estimate of drug-likeness (QED) is 0.324. The minimum Gasteiger partial charge on any atom is -0.398 e. The van der Waals surface area contributed by atoms with Crippen molar-refractivity contribution in [3.05, 3.63) is 83.8 Å². The number of nitrogens with two attached hydrogens (primary N) is 2. The van der Waals surface area contributed by atoms with Gasteiger partial charge in [0.25, 0.3) is 5.91 Å². The van der Waals surface area contributed by atoms with Crippen LogP contribution in [0.1, 0.15) is 40.7 Å². The number of ether oxygens (including phenoxy) is 1. The first-order valence-electron chi connectivity index (χ1n) is 12.5. The summed E-state index contributed by atoms with van der Waals surface area (Å²) in [5, 5.41) is 7.32. The van der Waals surface area contributed by atoms with Crippen molar-refractivity contribution in [3.8, 4) is 22.3 Å². The summed E-state index contributed by atoms with van der Waals surface area (Å²) in [4.78, 5) is 17.4. The van der Waals surface area contributed by atoms with Crippen molar-refractivity contribution in [2.45, 2.75) is 44.9 Å². The lowest BCUT2D eigenvalue weighted by molar-refractivity contribution is 0.0272. The standard InChI is InChI=1S/C29H32N6O2/c1-18-23(5-3-6-25(18)30)20-11-9-19(10-12-20)17-37-27-8-4-7-26(27)34-29(36)24-13-21(14-32-28(24)31)22-15-33-35(2)16-22/h3,5-6,9-16,26-27H,4,7-8,17,30H2,1-2H3,(H2,31,32)(H,34,36)/t26-,27-/m0/s1. The summed E-state index contributed by atoms with van der Waals surface area (Å²) in [6.45, 7) is 2.52. The topological polar surface area (TPSA) is 121 Å². The van der Waals surface area contributed by atoms with E-state index in [-0.39, 0.29) is 23.9 Å². The molecule has 0 saturated heterocycles. The highest BCUT2D eigenvalue weighted by molar-refractivity contribution is 5.99. The van der Waals surface area contributed by atoms with Crippen LogP contribution in [0.4, 0.5) is 11.5 Å². The van der Waals surface area contributed by atoms with Gasteiger partial charge in [-0.3, -0.25) is 9.48 Å². The van der Waals surface area contributed by atoms with Gasteiger partial charge in [0, 0.05) is 36.3 Å². The number of nitrogens with zero attached hydrogens (tertiary/aromatic N) is 3. The minimum absolute atomic E-state index is 0.0597. The van der Waals surface area contributed by atoms with Crippen molar-refractivity contribution < 1.29 is 9.53 Å².